The van der Waals surface area contributed by atoms with Crippen LogP contribution in [-0.4, -0.2) is 48.9 Å². The number of nitrogens with zero attached hydrogens (tertiary/aromatic N) is 3. The molecule has 0 bridgehead atoms. The van der Waals surface area contributed by atoms with Gasteiger partial charge < -0.3 is 19.5 Å². The van der Waals surface area contributed by atoms with Crippen LogP contribution >= 0.6 is 0 Å². The van der Waals surface area contributed by atoms with Crippen LogP contribution in [0, 0.1) is 0 Å². The second-order valence-corrected chi connectivity index (χ2v) is 3.06. The Bertz CT molecular complexity index is 312. The van der Waals surface area contributed by atoms with Gasteiger partial charge in [-0.1, -0.05) is 0 Å². The summed E-state index contributed by atoms with van der Waals surface area (Å²) in [4.78, 5) is 11.9. The van der Waals surface area contributed by atoms with Crippen LogP contribution in [0.1, 0.15) is 6.92 Å². The Hall–Kier alpha value is -1.63. The molecule has 0 fully saturated rings. The standard InChI is InChI=1S/C9H16N4O3/c1-6(14-2)5-10-7-11-8(15-3)13-9(12-7)16-4/h6H,5H2,1-4H3,(H,10,11,12,13). The van der Waals surface area contributed by atoms with Crippen LogP contribution < -0.4 is 14.8 Å². The van der Waals surface area contributed by atoms with E-state index in [0.717, 1.165) is 0 Å². The van der Waals surface area contributed by atoms with Crippen LogP contribution in [0.3, 0.4) is 0 Å². The first kappa shape index (κ1) is 12.4. The maximum atomic E-state index is 5.09. The molecule has 1 aromatic heterocycles. The van der Waals surface area contributed by atoms with Gasteiger partial charge in [0.25, 0.3) is 0 Å². The summed E-state index contributed by atoms with van der Waals surface area (Å²) in [6, 6.07) is 0.416. The first-order valence-corrected chi connectivity index (χ1v) is 4.80. The molecule has 1 unspecified atom stereocenters. The lowest BCUT2D eigenvalue weighted by Crippen LogP contribution is -2.19. The van der Waals surface area contributed by atoms with Crippen molar-refractivity contribution in [3.8, 4) is 12.0 Å². The summed E-state index contributed by atoms with van der Waals surface area (Å²) in [7, 11) is 4.60. The largest absolute Gasteiger partial charge is 0.467 e. The van der Waals surface area contributed by atoms with Crippen molar-refractivity contribution in [3.63, 3.8) is 0 Å². The second kappa shape index (κ2) is 6.06. The number of methoxy groups -OCH3 is 3. The number of hydrogen-bond acceptors (Lipinski definition) is 7. The van der Waals surface area contributed by atoms with Crippen molar-refractivity contribution in [2.45, 2.75) is 13.0 Å². The van der Waals surface area contributed by atoms with Crippen molar-refractivity contribution in [3.05, 3.63) is 0 Å². The van der Waals surface area contributed by atoms with E-state index in [1.807, 2.05) is 6.92 Å². The number of rotatable bonds is 6. The van der Waals surface area contributed by atoms with Crippen molar-refractivity contribution < 1.29 is 14.2 Å². The van der Waals surface area contributed by atoms with Gasteiger partial charge in [0.2, 0.25) is 5.95 Å². The maximum Gasteiger partial charge on any atom is 0.324 e. The summed E-state index contributed by atoms with van der Waals surface area (Å²) in [6.07, 6.45) is 0.0637. The Kier molecular flexibility index (Phi) is 4.71. The van der Waals surface area contributed by atoms with Gasteiger partial charge in [-0.05, 0) is 6.92 Å². The molecule has 1 heterocycles. The molecule has 0 aliphatic rings. The zero-order valence-electron chi connectivity index (χ0n) is 9.85. The molecular formula is C9H16N4O3. The zero-order valence-corrected chi connectivity index (χ0v) is 9.85. The van der Waals surface area contributed by atoms with E-state index in [4.69, 9.17) is 14.2 Å². The Morgan fingerprint density at radius 2 is 1.62 bits per heavy atom. The minimum Gasteiger partial charge on any atom is -0.467 e. The molecule has 1 N–H and O–H groups in total. The topological polar surface area (TPSA) is 78.4 Å². The van der Waals surface area contributed by atoms with E-state index >= 15 is 0 Å². The molecule has 1 rings (SSSR count). The molecule has 1 aromatic rings. The summed E-state index contributed by atoms with van der Waals surface area (Å²) in [5, 5.41) is 3.00. The smallest absolute Gasteiger partial charge is 0.324 e. The minimum absolute atomic E-state index is 0.0637. The van der Waals surface area contributed by atoms with E-state index in [1.165, 1.54) is 14.2 Å². The Morgan fingerprint density at radius 1 is 1.06 bits per heavy atom. The third-order valence-corrected chi connectivity index (χ3v) is 1.91. The normalized spacial score (nSPS) is 12.0. The van der Waals surface area contributed by atoms with E-state index in [-0.39, 0.29) is 18.1 Å². The van der Waals surface area contributed by atoms with Gasteiger partial charge in [0.1, 0.15) is 0 Å². The molecule has 1 atom stereocenters. The second-order valence-electron chi connectivity index (χ2n) is 3.06. The van der Waals surface area contributed by atoms with E-state index in [9.17, 15) is 0 Å². The average Bonchev–Trinajstić information content (AvgIpc) is 2.35. The van der Waals surface area contributed by atoms with Crippen LogP contribution in [0.15, 0.2) is 0 Å². The minimum atomic E-state index is 0.0637. The third-order valence-electron chi connectivity index (χ3n) is 1.91. The number of aromatic nitrogens is 3. The molecular weight excluding hydrogens is 212 g/mol. The summed E-state index contributed by atoms with van der Waals surface area (Å²) in [6.45, 7) is 2.52. The molecule has 0 amide bonds. The van der Waals surface area contributed by atoms with Crippen LogP contribution in [0.25, 0.3) is 0 Å². The van der Waals surface area contributed by atoms with Gasteiger partial charge in [-0.2, -0.15) is 9.97 Å². The lowest BCUT2D eigenvalue weighted by atomic mass is 10.4. The summed E-state index contributed by atoms with van der Waals surface area (Å²) >= 11 is 0. The zero-order chi connectivity index (χ0) is 12.0. The van der Waals surface area contributed by atoms with Gasteiger partial charge in [0.15, 0.2) is 0 Å². The van der Waals surface area contributed by atoms with Crippen LogP contribution in [0.2, 0.25) is 0 Å². The highest BCUT2D eigenvalue weighted by Gasteiger charge is 2.07. The van der Waals surface area contributed by atoms with E-state index in [1.54, 1.807) is 7.11 Å². The number of ether oxygens (including phenoxy) is 3. The van der Waals surface area contributed by atoms with E-state index < -0.39 is 0 Å². The highest BCUT2D eigenvalue weighted by molar-refractivity contribution is 5.27. The van der Waals surface area contributed by atoms with Gasteiger partial charge >= 0.3 is 12.0 Å². The van der Waals surface area contributed by atoms with Gasteiger partial charge in [-0.15, -0.1) is 4.98 Å². The molecule has 0 saturated heterocycles. The fourth-order valence-corrected chi connectivity index (χ4v) is 0.918. The predicted molar refractivity (Wildman–Crippen MR) is 57.9 cm³/mol. The molecule has 0 spiro atoms. The number of anilines is 1. The Morgan fingerprint density at radius 3 is 2.06 bits per heavy atom. The van der Waals surface area contributed by atoms with Gasteiger partial charge in [0, 0.05) is 13.7 Å². The summed E-state index contributed by atoms with van der Waals surface area (Å²) in [5.41, 5.74) is 0. The molecule has 7 nitrogen and oxygen atoms in total. The predicted octanol–water partition coefficient (Wildman–Crippen LogP) is 0.336. The maximum absolute atomic E-state index is 5.09. The van der Waals surface area contributed by atoms with Crippen LogP contribution in [-0.2, 0) is 4.74 Å². The van der Waals surface area contributed by atoms with E-state index in [2.05, 4.69) is 20.3 Å². The SMILES string of the molecule is COc1nc(NCC(C)OC)nc(OC)n1. The molecule has 0 aliphatic heterocycles. The van der Waals surface area contributed by atoms with Crippen molar-refractivity contribution in [2.24, 2.45) is 0 Å². The lowest BCUT2D eigenvalue weighted by molar-refractivity contribution is 0.128. The molecule has 0 radical (unpaired) electrons. The third kappa shape index (κ3) is 3.50. The first-order valence-electron chi connectivity index (χ1n) is 4.80. The summed E-state index contributed by atoms with van der Waals surface area (Å²) < 4.78 is 14.9. The molecule has 16 heavy (non-hydrogen) atoms. The van der Waals surface area contributed by atoms with Gasteiger partial charge in [-0.25, -0.2) is 0 Å². The summed E-state index contributed by atoms with van der Waals surface area (Å²) in [5.74, 6) is 0.396. The monoisotopic (exact) mass is 228 g/mol. The average molecular weight is 228 g/mol. The highest BCUT2D eigenvalue weighted by Crippen LogP contribution is 2.11. The van der Waals surface area contributed by atoms with Crippen LogP contribution in [0.5, 0.6) is 12.0 Å². The first-order chi connectivity index (χ1) is 7.69. The van der Waals surface area contributed by atoms with Crippen molar-refractivity contribution >= 4 is 5.95 Å². The van der Waals surface area contributed by atoms with Crippen molar-refractivity contribution in [1.82, 2.24) is 15.0 Å². The van der Waals surface area contributed by atoms with E-state index in [0.29, 0.717) is 12.5 Å². The fraction of sp³-hybridized carbons (Fsp3) is 0.667. The van der Waals surface area contributed by atoms with Crippen molar-refractivity contribution in [2.75, 3.05) is 33.2 Å². The number of hydrogen-bond donors (Lipinski definition) is 1. The van der Waals surface area contributed by atoms with Crippen molar-refractivity contribution in [1.29, 1.82) is 0 Å². The Balaban J connectivity index is 2.71. The molecule has 0 saturated carbocycles. The molecule has 0 aromatic carbocycles. The molecule has 0 aliphatic carbocycles. The molecule has 90 valence electrons. The quantitative estimate of drug-likeness (QED) is 0.751. The lowest BCUT2D eigenvalue weighted by Gasteiger charge is -2.11. The van der Waals surface area contributed by atoms with Crippen LogP contribution in [0.4, 0.5) is 5.95 Å². The number of nitrogens with one attached hydrogen (secondary N) is 1. The highest BCUT2D eigenvalue weighted by atomic mass is 16.5. The Labute approximate surface area is 94.2 Å². The van der Waals surface area contributed by atoms with Gasteiger partial charge in [0.05, 0.1) is 20.3 Å². The molecule has 7 heteroatoms. The van der Waals surface area contributed by atoms with Gasteiger partial charge in [-0.3, -0.25) is 0 Å². The fourth-order valence-electron chi connectivity index (χ4n) is 0.918.